The normalized spacial score (nSPS) is 10.9. The van der Waals surface area contributed by atoms with Crippen molar-refractivity contribution in [1.82, 2.24) is 19.7 Å². The Kier molecular flexibility index (Phi) is 7.60. The zero-order chi connectivity index (χ0) is 20.6. The van der Waals surface area contributed by atoms with E-state index in [1.165, 1.54) is 11.8 Å². The smallest absolute Gasteiger partial charge is 0.233 e. The molecule has 0 radical (unpaired) electrons. The van der Waals surface area contributed by atoms with Gasteiger partial charge >= 0.3 is 0 Å². The maximum atomic E-state index is 12.3. The van der Waals surface area contributed by atoms with Crippen molar-refractivity contribution in [1.29, 1.82) is 0 Å². The molecule has 29 heavy (non-hydrogen) atoms. The Bertz CT molecular complexity index is 908. The molecule has 0 spiro atoms. The van der Waals surface area contributed by atoms with Crippen LogP contribution in [0.1, 0.15) is 25.4 Å². The van der Waals surface area contributed by atoms with E-state index < -0.39 is 0 Å². The number of carbonyl (C=O) groups is 1. The molecule has 2 aromatic heterocycles. The topological polar surface area (TPSA) is 73.4 Å². The highest BCUT2D eigenvalue weighted by molar-refractivity contribution is 7.99. The summed E-state index contributed by atoms with van der Waals surface area (Å²) in [6.07, 6.45) is 1.63. The number of hydrogen-bond acceptors (Lipinski definition) is 6. The van der Waals surface area contributed by atoms with Crippen molar-refractivity contribution in [2.45, 2.75) is 32.2 Å². The second-order valence-corrected chi connectivity index (χ2v) is 7.54. The number of carbonyl (C=O) groups excluding carboxylic acids is 1. The lowest BCUT2D eigenvalue weighted by molar-refractivity contribution is -0.127. The fraction of sp³-hybridized carbons (Fsp3) is 0.350. The Morgan fingerprint density at radius 3 is 2.62 bits per heavy atom. The van der Waals surface area contributed by atoms with Crippen LogP contribution in [0.2, 0.25) is 5.02 Å². The molecule has 1 amide bonds. The van der Waals surface area contributed by atoms with Gasteiger partial charge in [0.1, 0.15) is 18.1 Å². The van der Waals surface area contributed by atoms with Gasteiger partial charge in [0.2, 0.25) is 5.91 Å². The number of nitrogens with zero attached hydrogens (tertiary/aromatic N) is 4. The maximum Gasteiger partial charge on any atom is 0.233 e. The van der Waals surface area contributed by atoms with Gasteiger partial charge in [-0.1, -0.05) is 23.4 Å². The van der Waals surface area contributed by atoms with E-state index in [-0.39, 0.29) is 12.5 Å². The molecule has 3 aromatic rings. The van der Waals surface area contributed by atoms with E-state index in [2.05, 4.69) is 10.2 Å². The number of amides is 1. The van der Waals surface area contributed by atoms with Gasteiger partial charge in [-0.25, -0.2) is 0 Å². The molecular formula is C20H23ClN4O3S. The van der Waals surface area contributed by atoms with Crippen molar-refractivity contribution < 1.29 is 13.9 Å². The number of halogens is 1. The van der Waals surface area contributed by atoms with E-state index in [4.69, 9.17) is 20.8 Å². The van der Waals surface area contributed by atoms with Gasteiger partial charge in [-0.2, -0.15) is 0 Å². The van der Waals surface area contributed by atoms with Crippen molar-refractivity contribution in [3.05, 3.63) is 59.3 Å². The molecule has 3 rings (SSSR count). The molecule has 154 valence electrons. The van der Waals surface area contributed by atoms with Crippen molar-refractivity contribution in [3.63, 3.8) is 0 Å². The molecule has 0 aliphatic heterocycles. The Hall–Kier alpha value is -2.45. The second kappa shape index (κ2) is 10.4. The highest BCUT2D eigenvalue weighted by atomic mass is 35.5. The number of hydrogen-bond donors (Lipinski definition) is 0. The molecule has 9 heteroatoms. The summed E-state index contributed by atoms with van der Waals surface area (Å²) >= 11 is 7.28. The fourth-order valence-corrected chi connectivity index (χ4v) is 3.71. The van der Waals surface area contributed by atoms with Crippen molar-refractivity contribution in [2.75, 3.05) is 18.8 Å². The zero-order valence-corrected chi connectivity index (χ0v) is 17.9. The molecule has 0 N–H and O–H groups in total. The molecule has 0 saturated carbocycles. The van der Waals surface area contributed by atoms with Gasteiger partial charge in [-0.15, -0.1) is 10.2 Å². The first-order chi connectivity index (χ1) is 14.1. The van der Waals surface area contributed by atoms with Gasteiger partial charge in [0.05, 0.1) is 18.6 Å². The monoisotopic (exact) mass is 434 g/mol. The molecule has 2 heterocycles. The average molecular weight is 435 g/mol. The first kappa shape index (κ1) is 21.3. The fourth-order valence-electron chi connectivity index (χ4n) is 2.72. The third-order valence-corrected chi connectivity index (χ3v) is 5.51. The number of thioether (sulfide) groups is 1. The Morgan fingerprint density at radius 1 is 1.21 bits per heavy atom. The lowest BCUT2D eigenvalue weighted by Gasteiger charge is -2.18. The van der Waals surface area contributed by atoms with E-state index in [0.717, 1.165) is 5.76 Å². The summed E-state index contributed by atoms with van der Waals surface area (Å²) in [7, 11) is 0. The van der Waals surface area contributed by atoms with Crippen LogP contribution in [0.3, 0.4) is 0 Å². The number of ether oxygens (including phenoxy) is 1. The van der Waals surface area contributed by atoms with Crippen LogP contribution in [0.4, 0.5) is 0 Å². The lowest BCUT2D eigenvalue weighted by Crippen LogP contribution is -2.32. The van der Waals surface area contributed by atoms with Crippen LogP contribution >= 0.6 is 23.4 Å². The van der Waals surface area contributed by atoms with Crippen LogP contribution in [0.5, 0.6) is 5.75 Å². The van der Waals surface area contributed by atoms with E-state index in [9.17, 15) is 4.79 Å². The number of rotatable bonds is 10. The molecule has 0 saturated heterocycles. The summed E-state index contributed by atoms with van der Waals surface area (Å²) in [4.78, 5) is 14.1. The molecule has 0 bridgehead atoms. The Morgan fingerprint density at radius 2 is 1.97 bits per heavy atom. The summed E-state index contributed by atoms with van der Waals surface area (Å²) in [5.74, 6) is 2.48. The van der Waals surface area contributed by atoms with Crippen LogP contribution in [0, 0.1) is 0 Å². The number of furan rings is 1. The average Bonchev–Trinajstić information content (AvgIpc) is 3.37. The van der Waals surface area contributed by atoms with Crippen molar-refractivity contribution >= 4 is 29.3 Å². The molecule has 0 fully saturated rings. The molecule has 1 aromatic carbocycles. The minimum Gasteiger partial charge on any atom is -0.486 e. The largest absolute Gasteiger partial charge is 0.486 e. The maximum absolute atomic E-state index is 12.3. The van der Waals surface area contributed by atoms with E-state index in [1.807, 2.05) is 30.5 Å². The van der Waals surface area contributed by atoms with Crippen LogP contribution in [-0.4, -0.2) is 44.4 Å². The molecule has 0 atom stereocenters. The molecule has 0 aliphatic carbocycles. The molecule has 0 aliphatic rings. The van der Waals surface area contributed by atoms with E-state index >= 15 is 0 Å². The van der Waals surface area contributed by atoms with E-state index in [0.29, 0.717) is 47.1 Å². The van der Waals surface area contributed by atoms with Gasteiger partial charge in [0, 0.05) is 18.1 Å². The summed E-state index contributed by atoms with van der Waals surface area (Å²) < 4.78 is 13.2. The zero-order valence-electron chi connectivity index (χ0n) is 16.4. The quantitative estimate of drug-likeness (QED) is 0.447. The van der Waals surface area contributed by atoms with Crippen LogP contribution in [0.25, 0.3) is 0 Å². The highest BCUT2D eigenvalue weighted by Gasteiger charge is 2.17. The third-order valence-electron chi connectivity index (χ3n) is 4.31. The number of aromatic nitrogens is 3. The number of benzene rings is 1. The van der Waals surface area contributed by atoms with Crippen LogP contribution in [0.15, 0.2) is 52.2 Å². The van der Waals surface area contributed by atoms with Gasteiger partial charge in [-0.3, -0.25) is 9.36 Å². The summed E-state index contributed by atoms with van der Waals surface area (Å²) in [6, 6.07) is 10.9. The van der Waals surface area contributed by atoms with E-state index in [1.54, 1.807) is 35.4 Å². The minimum atomic E-state index is 0.0755. The Labute approximate surface area is 179 Å². The lowest BCUT2D eigenvalue weighted by atomic mass is 10.3. The minimum absolute atomic E-state index is 0.0755. The molecular weight excluding hydrogens is 412 g/mol. The summed E-state index contributed by atoms with van der Waals surface area (Å²) in [5, 5.41) is 9.83. The second-order valence-electron chi connectivity index (χ2n) is 6.16. The first-order valence-electron chi connectivity index (χ1n) is 9.34. The highest BCUT2D eigenvalue weighted by Crippen LogP contribution is 2.21. The van der Waals surface area contributed by atoms with Crippen LogP contribution < -0.4 is 4.74 Å². The van der Waals surface area contributed by atoms with Gasteiger partial charge in [0.25, 0.3) is 0 Å². The van der Waals surface area contributed by atoms with Crippen LogP contribution in [-0.2, 0) is 17.9 Å². The summed E-state index contributed by atoms with van der Waals surface area (Å²) in [6.45, 7) is 6.01. The first-order valence-corrected chi connectivity index (χ1v) is 10.7. The Balaban J connectivity index is 1.73. The molecule has 7 nitrogen and oxygen atoms in total. The van der Waals surface area contributed by atoms with Gasteiger partial charge < -0.3 is 14.1 Å². The predicted octanol–water partition coefficient (Wildman–Crippen LogP) is 4.11. The van der Waals surface area contributed by atoms with Gasteiger partial charge in [0.15, 0.2) is 11.0 Å². The molecule has 0 unspecified atom stereocenters. The van der Waals surface area contributed by atoms with Crippen molar-refractivity contribution in [3.8, 4) is 5.75 Å². The summed E-state index contributed by atoms with van der Waals surface area (Å²) in [5.41, 5.74) is 0. The van der Waals surface area contributed by atoms with Crippen molar-refractivity contribution in [2.24, 2.45) is 0 Å². The predicted molar refractivity (Wildman–Crippen MR) is 112 cm³/mol. The third kappa shape index (κ3) is 5.77. The SMILES string of the molecule is CCN(CC)C(=O)CSc1nnc(COc2ccc(Cl)cc2)n1Cc1ccco1. The standard InChI is InChI=1S/C20H23ClN4O3S/c1-3-24(4-2)19(26)14-29-20-23-22-18(25(20)12-17-6-5-11-27-17)13-28-16-9-7-15(21)8-10-16/h5-11H,3-4,12-14H2,1-2H3. The van der Waals surface area contributed by atoms with Gasteiger partial charge in [-0.05, 0) is 50.2 Å².